The summed E-state index contributed by atoms with van der Waals surface area (Å²) in [6.45, 7) is 11.0. The molecule has 0 atom stereocenters. The molecule has 0 unspecified atom stereocenters. The van der Waals surface area contributed by atoms with Gasteiger partial charge in [-0.05, 0) is 61.8 Å². The number of hydrogen-bond donors (Lipinski definition) is 1. The molecule has 0 saturated carbocycles. The van der Waals surface area contributed by atoms with Gasteiger partial charge in [0.25, 0.3) is 0 Å². The summed E-state index contributed by atoms with van der Waals surface area (Å²) < 4.78 is 15.3. The molecule has 5 nitrogen and oxygen atoms in total. The third kappa shape index (κ3) is 5.54. The van der Waals surface area contributed by atoms with Gasteiger partial charge in [-0.1, -0.05) is 41.9 Å². The van der Waals surface area contributed by atoms with Crippen molar-refractivity contribution < 1.29 is 4.39 Å². The smallest absolute Gasteiger partial charge is 0.173 e. The number of thiocarbonyl (C=S) groups is 1. The van der Waals surface area contributed by atoms with Crippen molar-refractivity contribution in [3.8, 4) is 0 Å². The van der Waals surface area contributed by atoms with Crippen LogP contribution < -0.4 is 5.32 Å². The molecule has 1 saturated heterocycles. The average Bonchev–Trinajstić information content (AvgIpc) is 3.05. The van der Waals surface area contributed by atoms with E-state index in [9.17, 15) is 4.39 Å². The summed E-state index contributed by atoms with van der Waals surface area (Å²) in [5, 5.41) is 9.38. The van der Waals surface area contributed by atoms with Crippen molar-refractivity contribution in [1.29, 1.82) is 0 Å². The van der Waals surface area contributed by atoms with Gasteiger partial charge in [0, 0.05) is 37.7 Å². The van der Waals surface area contributed by atoms with Crippen molar-refractivity contribution in [1.82, 2.24) is 19.6 Å². The number of aromatic nitrogens is 2. The molecule has 1 aliphatic heterocycles. The molecule has 1 aliphatic rings. The normalized spacial score (nSPS) is 14.5. The standard InChI is InChI=1S/C25H29ClFN5S/c1-17-6-4-5-7-20(17)16-32-19(3)24(18(2)29-32)28-25(33)31-12-10-30(11-13-31)15-21-8-9-22(27)14-23(21)26/h4-9,14H,10-13,15-16H2,1-3H3,(H,28,33). The summed E-state index contributed by atoms with van der Waals surface area (Å²) in [5.41, 5.74) is 6.45. The highest BCUT2D eigenvalue weighted by molar-refractivity contribution is 7.80. The maximum atomic E-state index is 13.3. The molecule has 174 valence electrons. The van der Waals surface area contributed by atoms with Crippen molar-refractivity contribution in [2.75, 3.05) is 31.5 Å². The van der Waals surface area contributed by atoms with Gasteiger partial charge in [0.2, 0.25) is 0 Å². The Morgan fingerprint density at radius 2 is 1.76 bits per heavy atom. The first-order valence-corrected chi connectivity index (χ1v) is 11.9. The molecule has 0 radical (unpaired) electrons. The highest BCUT2D eigenvalue weighted by atomic mass is 35.5. The van der Waals surface area contributed by atoms with Crippen LogP contribution in [0.4, 0.5) is 10.1 Å². The lowest BCUT2D eigenvalue weighted by atomic mass is 10.1. The molecular formula is C25H29ClFN5S. The molecule has 2 aromatic carbocycles. The second kappa shape index (κ2) is 10.2. The predicted octanol–water partition coefficient (Wildman–Crippen LogP) is 5.16. The number of anilines is 1. The second-order valence-electron chi connectivity index (χ2n) is 8.56. The molecule has 1 fully saturated rings. The van der Waals surface area contributed by atoms with Gasteiger partial charge < -0.3 is 10.2 Å². The van der Waals surface area contributed by atoms with E-state index in [2.05, 4.69) is 53.2 Å². The van der Waals surface area contributed by atoms with Crippen LogP contribution in [0.15, 0.2) is 42.5 Å². The van der Waals surface area contributed by atoms with Crippen LogP contribution in [-0.4, -0.2) is 50.9 Å². The van der Waals surface area contributed by atoms with Gasteiger partial charge in [0.05, 0.1) is 23.6 Å². The van der Waals surface area contributed by atoms with E-state index in [1.807, 2.05) is 11.6 Å². The molecule has 1 N–H and O–H groups in total. The first-order chi connectivity index (χ1) is 15.8. The van der Waals surface area contributed by atoms with Gasteiger partial charge in [0.15, 0.2) is 5.11 Å². The maximum absolute atomic E-state index is 13.3. The highest BCUT2D eigenvalue weighted by Gasteiger charge is 2.22. The van der Waals surface area contributed by atoms with Crippen LogP contribution >= 0.6 is 23.8 Å². The third-order valence-corrected chi connectivity index (χ3v) is 6.98. The molecule has 0 amide bonds. The summed E-state index contributed by atoms with van der Waals surface area (Å²) >= 11 is 11.9. The topological polar surface area (TPSA) is 36.3 Å². The Morgan fingerprint density at radius 1 is 1.03 bits per heavy atom. The number of halogens is 2. The predicted molar refractivity (Wildman–Crippen MR) is 136 cm³/mol. The molecule has 3 aromatic rings. The quantitative estimate of drug-likeness (QED) is 0.505. The SMILES string of the molecule is Cc1ccccc1Cn1nc(C)c(NC(=S)N2CCN(Cc3ccc(F)cc3Cl)CC2)c1C. The van der Waals surface area contributed by atoms with Crippen molar-refractivity contribution in [3.63, 3.8) is 0 Å². The van der Waals surface area contributed by atoms with E-state index in [0.29, 0.717) is 11.6 Å². The van der Waals surface area contributed by atoms with E-state index in [1.54, 1.807) is 6.07 Å². The second-order valence-corrected chi connectivity index (χ2v) is 9.35. The van der Waals surface area contributed by atoms with Crippen LogP contribution in [0.3, 0.4) is 0 Å². The minimum Gasteiger partial charge on any atom is -0.346 e. The maximum Gasteiger partial charge on any atom is 0.173 e. The largest absolute Gasteiger partial charge is 0.346 e. The van der Waals surface area contributed by atoms with Crippen molar-refractivity contribution in [2.24, 2.45) is 0 Å². The number of nitrogens with one attached hydrogen (secondary N) is 1. The zero-order valence-electron chi connectivity index (χ0n) is 19.2. The van der Waals surface area contributed by atoms with Crippen LogP contribution in [0.25, 0.3) is 0 Å². The molecule has 4 rings (SSSR count). The summed E-state index contributed by atoms with van der Waals surface area (Å²) in [4.78, 5) is 4.50. The molecule has 0 aliphatic carbocycles. The first kappa shape index (κ1) is 23.7. The summed E-state index contributed by atoms with van der Waals surface area (Å²) in [6.07, 6.45) is 0. The fraction of sp³-hybridized carbons (Fsp3) is 0.360. The van der Waals surface area contributed by atoms with E-state index < -0.39 is 0 Å². The molecule has 0 bridgehead atoms. The van der Waals surface area contributed by atoms with Gasteiger partial charge in [-0.25, -0.2) is 4.39 Å². The number of hydrogen-bond acceptors (Lipinski definition) is 3. The highest BCUT2D eigenvalue weighted by Crippen LogP contribution is 2.23. The Kier molecular flexibility index (Phi) is 7.32. The van der Waals surface area contributed by atoms with E-state index in [0.717, 1.165) is 60.5 Å². The fourth-order valence-electron chi connectivity index (χ4n) is 4.17. The number of nitrogens with zero attached hydrogens (tertiary/aromatic N) is 4. The zero-order chi connectivity index (χ0) is 23.5. The summed E-state index contributed by atoms with van der Waals surface area (Å²) in [7, 11) is 0. The van der Waals surface area contributed by atoms with E-state index >= 15 is 0 Å². The Bertz CT molecular complexity index is 1150. The lowest BCUT2D eigenvalue weighted by molar-refractivity contribution is 0.177. The van der Waals surface area contributed by atoms with Gasteiger partial charge in [-0.2, -0.15) is 5.10 Å². The van der Waals surface area contributed by atoms with E-state index in [4.69, 9.17) is 28.9 Å². The monoisotopic (exact) mass is 485 g/mol. The van der Waals surface area contributed by atoms with Crippen LogP contribution in [0.2, 0.25) is 5.02 Å². The minimum absolute atomic E-state index is 0.308. The Balaban J connectivity index is 1.35. The van der Waals surface area contributed by atoms with E-state index in [-0.39, 0.29) is 5.82 Å². The first-order valence-electron chi connectivity index (χ1n) is 11.1. The van der Waals surface area contributed by atoms with Crippen molar-refractivity contribution in [3.05, 3.63) is 81.4 Å². The van der Waals surface area contributed by atoms with Gasteiger partial charge in [0.1, 0.15) is 5.82 Å². The van der Waals surface area contributed by atoms with Crippen molar-refractivity contribution >= 4 is 34.6 Å². The molecule has 8 heteroatoms. The lowest BCUT2D eigenvalue weighted by Gasteiger charge is -2.36. The average molecular weight is 486 g/mol. The minimum atomic E-state index is -0.308. The number of piperazine rings is 1. The Hall–Kier alpha value is -2.48. The van der Waals surface area contributed by atoms with Crippen LogP contribution in [0.1, 0.15) is 28.1 Å². The van der Waals surface area contributed by atoms with Gasteiger partial charge in [-0.3, -0.25) is 9.58 Å². The van der Waals surface area contributed by atoms with Crippen LogP contribution in [-0.2, 0) is 13.1 Å². The Labute approximate surface area is 205 Å². The molecule has 1 aromatic heterocycles. The fourth-order valence-corrected chi connectivity index (χ4v) is 4.68. The third-order valence-electron chi connectivity index (χ3n) is 6.26. The number of benzene rings is 2. The van der Waals surface area contributed by atoms with Crippen LogP contribution in [0, 0.1) is 26.6 Å². The van der Waals surface area contributed by atoms with E-state index in [1.165, 1.54) is 23.3 Å². The summed E-state index contributed by atoms with van der Waals surface area (Å²) in [5.74, 6) is -0.308. The molecule has 0 spiro atoms. The Morgan fingerprint density at radius 3 is 2.45 bits per heavy atom. The van der Waals surface area contributed by atoms with Crippen LogP contribution in [0.5, 0.6) is 0 Å². The zero-order valence-corrected chi connectivity index (χ0v) is 20.8. The molecule has 33 heavy (non-hydrogen) atoms. The van der Waals surface area contributed by atoms with Crippen molar-refractivity contribution in [2.45, 2.75) is 33.9 Å². The number of rotatable bonds is 5. The molecule has 2 heterocycles. The molecular weight excluding hydrogens is 457 g/mol. The van der Waals surface area contributed by atoms with Gasteiger partial charge in [-0.15, -0.1) is 0 Å². The van der Waals surface area contributed by atoms with Gasteiger partial charge >= 0.3 is 0 Å². The lowest BCUT2D eigenvalue weighted by Crippen LogP contribution is -2.49. The number of aryl methyl sites for hydroxylation is 2. The summed E-state index contributed by atoms with van der Waals surface area (Å²) in [6, 6.07) is 13.0.